The molecule has 0 aliphatic heterocycles. The molecule has 3 aromatic rings. The van der Waals surface area contributed by atoms with Crippen LogP contribution < -0.4 is 9.62 Å². The molecule has 1 fully saturated rings. The van der Waals surface area contributed by atoms with E-state index in [1.807, 2.05) is 57.2 Å². The topological polar surface area (TPSA) is 86.8 Å². The molecule has 8 heteroatoms. The molecule has 212 valence electrons. The number of carbonyl (C=O) groups is 2. The molecule has 7 nitrogen and oxygen atoms in total. The highest BCUT2D eigenvalue weighted by molar-refractivity contribution is 7.92. The Hall–Kier alpha value is -3.65. The van der Waals surface area contributed by atoms with Crippen LogP contribution in [0.4, 0.5) is 5.69 Å². The fourth-order valence-corrected chi connectivity index (χ4v) is 6.62. The van der Waals surface area contributed by atoms with Crippen LogP contribution in [0, 0.1) is 13.8 Å². The lowest BCUT2D eigenvalue weighted by Crippen LogP contribution is -2.53. The summed E-state index contributed by atoms with van der Waals surface area (Å²) in [5.74, 6) is -0.627. The fraction of sp³-hybridized carbons (Fsp3) is 0.375. The van der Waals surface area contributed by atoms with Crippen LogP contribution in [0.15, 0.2) is 83.8 Å². The van der Waals surface area contributed by atoms with Gasteiger partial charge in [0.05, 0.1) is 10.6 Å². The average molecular weight is 562 g/mol. The van der Waals surface area contributed by atoms with Gasteiger partial charge in [-0.05, 0) is 74.1 Å². The SMILES string of the molecule is CC[C@H](C(=O)NC1CCCC1)N(Cc1ccccc1)C(=O)CN(c1ccc(C)c(C)c1)S(=O)(=O)c1ccccc1. The Morgan fingerprint density at radius 3 is 2.12 bits per heavy atom. The van der Waals surface area contributed by atoms with E-state index in [0.29, 0.717) is 12.1 Å². The maximum Gasteiger partial charge on any atom is 0.264 e. The zero-order valence-electron chi connectivity index (χ0n) is 23.5. The van der Waals surface area contributed by atoms with E-state index < -0.39 is 28.5 Å². The minimum atomic E-state index is -4.07. The molecule has 0 aromatic heterocycles. The normalized spacial score (nSPS) is 14.5. The van der Waals surface area contributed by atoms with E-state index in [2.05, 4.69) is 5.32 Å². The van der Waals surface area contributed by atoms with Crippen molar-refractivity contribution in [3.05, 3.63) is 95.6 Å². The third-order valence-corrected chi connectivity index (χ3v) is 9.46. The third kappa shape index (κ3) is 6.91. The molecule has 0 spiro atoms. The van der Waals surface area contributed by atoms with E-state index >= 15 is 0 Å². The van der Waals surface area contributed by atoms with Crippen LogP contribution in [-0.2, 0) is 26.2 Å². The van der Waals surface area contributed by atoms with E-state index in [1.165, 1.54) is 17.0 Å². The maximum absolute atomic E-state index is 14.1. The Kier molecular flexibility index (Phi) is 9.63. The van der Waals surface area contributed by atoms with Crippen LogP contribution in [0.25, 0.3) is 0 Å². The lowest BCUT2D eigenvalue weighted by atomic mass is 10.1. The van der Waals surface area contributed by atoms with Gasteiger partial charge in [-0.2, -0.15) is 0 Å². The molecule has 40 heavy (non-hydrogen) atoms. The number of nitrogens with zero attached hydrogens (tertiary/aromatic N) is 2. The Balaban J connectivity index is 1.71. The molecule has 1 aliphatic carbocycles. The second-order valence-corrected chi connectivity index (χ2v) is 12.4. The minimum absolute atomic E-state index is 0.0988. The van der Waals surface area contributed by atoms with E-state index in [4.69, 9.17) is 0 Å². The van der Waals surface area contributed by atoms with Crippen LogP contribution in [0.3, 0.4) is 0 Å². The second-order valence-electron chi connectivity index (χ2n) is 10.5. The Morgan fingerprint density at radius 2 is 1.52 bits per heavy atom. The molecule has 1 atom stereocenters. The Bertz CT molecular complexity index is 1400. The molecule has 1 aliphatic rings. The minimum Gasteiger partial charge on any atom is -0.352 e. The number of carbonyl (C=O) groups excluding carboxylic acids is 2. The first kappa shape index (κ1) is 29.3. The van der Waals surface area contributed by atoms with Gasteiger partial charge in [0, 0.05) is 12.6 Å². The predicted octanol–water partition coefficient (Wildman–Crippen LogP) is 5.36. The molecule has 0 radical (unpaired) electrons. The summed E-state index contributed by atoms with van der Waals surface area (Å²) in [5, 5.41) is 3.14. The lowest BCUT2D eigenvalue weighted by molar-refractivity contribution is -0.140. The van der Waals surface area contributed by atoms with Crippen LogP contribution in [0.1, 0.15) is 55.7 Å². The molecule has 1 saturated carbocycles. The lowest BCUT2D eigenvalue weighted by Gasteiger charge is -2.34. The quantitative estimate of drug-likeness (QED) is 0.341. The molecule has 0 saturated heterocycles. The van der Waals surface area contributed by atoms with Gasteiger partial charge in [-0.3, -0.25) is 13.9 Å². The van der Waals surface area contributed by atoms with Gasteiger partial charge in [0.1, 0.15) is 12.6 Å². The number of amides is 2. The molecule has 0 heterocycles. The molecular weight excluding hydrogens is 522 g/mol. The Morgan fingerprint density at radius 1 is 0.900 bits per heavy atom. The highest BCUT2D eigenvalue weighted by atomic mass is 32.2. The van der Waals surface area contributed by atoms with E-state index in [1.54, 1.807) is 30.3 Å². The highest BCUT2D eigenvalue weighted by Crippen LogP contribution is 2.27. The summed E-state index contributed by atoms with van der Waals surface area (Å²) in [7, 11) is -4.07. The smallest absolute Gasteiger partial charge is 0.264 e. The first-order valence-electron chi connectivity index (χ1n) is 14.0. The van der Waals surface area contributed by atoms with Crippen LogP contribution in [0.2, 0.25) is 0 Å². The first-order chi connectivity index (χ1) is 19.2. The summed E-state index contributed by atoms with van der Waals surface area (Å²) < 4.78 is 29.0. The summed E-state index contributed by atoms with van der Waals surface area (Å²) in [6, 6.07) is 22.4. The van der Waals surface area contributed by atoms with Gasteiger partial charge in [0.25, 0.3) is 10.0 Å². The number of hydrogen-bond acceptors (Lipinski definition) is 4. The van der Waals surface area contributed by atoms with E-state index in [0.717, 1.165) is 46.7 Å². The van der Waals surface area contributed by atoms with Gasteiger partial charge in [0.2, 0.25) is 11.8 Å². The highest BCUT2D eigenvalue weighted by Gasteiger charge is 2.34. The van der Waals surface area contributed by atoms with Crippen LogP contribution in [-0.4, -0.2) is 43.8 Å². The summed E-state index contributed by atoms with van der Waals surface area (Å²) in [6.45, 7) is 5.51. The number of nitrogens with one attached hydrogen (secondary N) is 1. The molecule has 4 rings (SSSR count). The van der Waals surface area contributed by atoms with Gasteiger partial charge in [-0.25, -0.2) is 8.42 Å². The van der Waals surface area contributed by atoms with Gasteiger partial charge in [-0.1, -0.05) is 74.4 Å². The number of anilines is 1. The van der Waals surface area contributed by atoms with Crippen LogP contribution >= 0.6 is 0 Å². The maximum atomic E-state index is 14.1. The molecule has 3 aromatic carbocycles. The van der Waals surface area contributed by atoms with Gasteiger partial charge in [0.15, 0.2) is 0 Å². The first-order valence-corrected chi connectivity index (χ1v) is 15.4. The van der Waals surface area contributed by atoms with Crippen molar-refractivity contribution in [2.45, 2.75) is 76.4 Å². The van der Waals surface area contributed by atoms with Gasteiger partial charge >= 0.3 is 0 Å². The largest absolute Gasteiger partial charge is 0.352 e. The number of sulfonamides is 1. The summed E-state index contributed by atoms with van der Waals surface area (Å²) >= 11 is 0. The number of benzene rings is 3. The average Bonchev–Trinajstić information content (AvgIpc) is 3.47. The summed E-state index contributed by atoms with van der Waals surface area (Å²) in [6.07, 6.45) is 4.44. The molecule has 2 amide bonds. The van der Waals surface area contributed by atoms with Gasteiger partial charge in [-0.15, -0.1) is 0 Å². The van der Waals surface area contributed by atoms with Crippen molar-refractivity contribution in [2.24, 2.45) is 0 Å². The summed E-state index contributed by atoms with van der Waals surface area (Å²) in [4.78, 5) is 29.3. The fourth-order valence-electron chi connectivity index (χ4n) is 5.20. The number of hydrogen-bond donors (Lipinski definition) is 1. The van der Waals surface area contributed by atoms with Crippen molar-refractivity contribution < 1.29 is 18.0 Å². The molecule has 1 N–H and O–H groups in total. The molecule has 0 unspecified atom stereocenters. The van der Waals surface area contributed by atoms with Crippen molar-refractivity contribution in [1.82, 2.24) is 10.2 Å². The summed E-state index contributed by atoms with van der Waals surface area (Å²) in [5.41, 5.74) is 3.21. The van der Waals surface area contributed by atoms with Gasteiger partial charge < -0.3 is 10.2 Å². The van der Waals surface area contributed by atoms with Crippen molar-refractivity contribution in [1.29, 1.82) is 0 Å². The standard InChI is InChI=1S/C32H39N3O4S/c1-4-30(32(37)33-27-15-11-12-16-27)34(22-26-13-7-5-8-14-26)31(36)23-35(28-20-19-24(2)25(3)21-28)40(38,39)29-17-9-6-10-18-29/h5-10,13-14,17-21,27,30H,4,11-12,15-16,22-23H2,1-3H3,(H,33,37)/t30-/m1/s1. The third-order valence-electron chi connectivity index (χ3n) is 7.67. The second kappa shape index (κ2) is 13.1. The van der Waals surface area contributed by atoms with Crippen molar-refractivity contribution in [2.75, 3.05) is 10.8 Å². The predicted molar refractivity (Wildman–Crippen MR) is 158 cm³/mol. The van der Waals surface area contributed by atoms with Crippen LogP contribution in [0.5, 0.6) is 0 Å². The van der Waals surface area contributed by atoms with E-state index in [9.17, 15) is 18.0 Å². The van der Waals surface area contributed by atoms with Crippen molar-refractivity contribution >= 4 is 27.5 Å². The Labute approximate surface area is 238 Å². The zero-order valence-corrected chi connectivity index (χ0v) is 24.4. The molecular formula is C32H39N3O4S. The zero-order chi connectivity index (χ0) is 28.7. The monoisotopic (exact) mass is 561 g/mol. The van der Waals surface area contributed by atoms with Crippen molar-refractivity contribution in [3.63, 3.8) is 0 Å². The number of rotatable bonds is 11. The van der Waals surface area contributed by atoms with E-state index in [-0.39, 0.29) is 23.4 Å². The molecule has 0 bridgehead atoms. The number of aryl methyl sites for hydroxylation is 2. The van der Waals surface area contributed by atoms with Crippen molar-refractivity contribution in [3.8, 4) is 0 Å².